The first kappa shape index (κ1) is 29.1. The van der Waals surface area contributed by atoms with Gasteiger partial charge in [-0.2, -0.15) is 0 Å². The van der Waals surface area contributed by atoms with E-state index in [0.717, 1.165) is 62.6 Å². The topological polar surface area (TPSA) is 117 Å². The summed E-state index contributed by atoms with van der Waals surface area (Å²) in [4.78, 5) is 51.2. The predicted octanol–water partition coefficient (Wildman–Crippen LogP) is 4.35. The van der Waals surface area contributed by atoms with E-state index in [1.165, 1.54) is 0 Å². The summed E-state index contributed by atoms with van der Waals surface area (Å²) in [6, 6.07) is 5.55. The molecule has 4 rings (SSSR count). The van der Waals surface area contributed by atoms with E-state index in [4.69, 9.17) is 4.74 Å². The highest BCUT2D eigenvalue weighted by molar-refractivity contribution is 6.05. The van der Waals surface area contributed by atoms with Crippen molar-refractivity contribution in [2.24, 2.45) is 5.92 Å². The summed E-state index contributed by atoms with van der Waals surface area (Å²) in [6.07, 6.45) is 7.31. The van der Waals surface area contributed by atoms with Crippen LogP contribution in [-0.2, 0) is 20.9 Å². The van der Waals surface area contributed by atoms with Gasteiger partial charge in [0.2, 0.25) is 11.8 Å². The number of hydrogen-bond donors (Lipinski definition) is 3. The number of piperidine rings is 1. The van der Waals surface area contributed by atoms with Crippen molar-refractivity contribution in [1.29, 1.82) is 0 Å². The maximum Gasteiger partial charge on any atom is 0.407 e. The molecule has 0 radical (unpaired) electrons. The van der Waals surface area contributed by atoms with E-state index >= 15 is 0 Å². The second-order valence-corrected chi connectivity index (χ2v) is 12.2. The zero-order chi connectivity index (χ0) is 28.2. The van der Waals surface area contributed by atoms with Crippen LogP contribution in [0.25, 0.3) is 0 Å². The molecule has 214 valence electrons. The predicted molar refractivity (Wildman–Crippen MR) is 148 cm³/mol. The molecule has 2 fully saturated rings. The molecule has 39 heavy (non-hydrogen) atoms. The summed E-state index contributed by atoms with van der Waals surface area (Å²) in [5.74, 6) is -0.276. The summed E-state index contributed by atoms with van der Waals surface area (Å²) in [7, 11) is 0. The first-order chi connectivity index (χ1) is 18.6. The van der Waals surface area contributed by atoms with Crippen molar-refractivity contribution in [3.8, 4) is 0 Å². The van der Waals surface area contributed by atoms with Gasteiger partial charge in [-0.25, -0.2) is 4.79 Å². The molecule has 9 heteroatoms. The summed E-state index contributed by atoms with van der Waals surface area (Å²) < 4.78 is 5.41. The van der Waals surface area contributed by atoms with E-state index in [1.54, 1.807) is 4.90 Å². The number of hydrogen-bond acceptors (Lipinski definition) is 6. The molecule has 1 saturated carbocycles. The van der Waals surface area contributed by atoms with Crippen molar-refractivity contribution >= 4 is 23.8 Å². The molecule has 1 saturated heterocycles. The Balaban J connectivity index is 1.38. The van der Waals surface area contributed by atoms with Crippen LogP contribution >= 0.6 is 0 Å². The van der Waals surface area contributed by atoms with Gasteiger partial charge >= 0.3 is 6.09 Å². The van der Waals surface area contributed by atoms with Crippen LogP contribution in [0.4, 0.5) is 4.79 Å². The highest BCUT2D eigenvalue weighted by Crippen LogP contribution is 2.34. The standard InChI is InChI=1S/C30H44N4O5/c1-5-6-10-24(31-17-19-11-13-20(14-12-19)32-29(38)39-30(2,3)4)21-8-7-9-22-23(21)18-34(28(22)37)25-15-16-26(35)33-27(25)36/h7-9,19-20,24-25,31H,5-6,10-18H2,1-4H3,(H,32,38)(H,33,35,36)/t19?,20?,24-,25-/m1/s1. The maximum absolute atomic E-state index is 13.3. The first-order valence-electron chi connectivity index (χ1n) is 14.5. The van der Waals surface area contributed by atoms with Crippen LogP contribution in [0.5, 0.6) is 0 Å². The fraction of sp³-hybridized carbons (Fsp3) is 0.667. The zero-order valence-electron chi connectivity index (χ0n) is 23.8. The van der Waals surface area contributed by atoms with Crippen molar-refractivity contribution < 1.29 is 23.9 Å². The Hall–Kier alpha value is -2.94. The highest BCUT2D eigenvalue weighted by atomic mass is 16.6. The smallest absolute Gasteiger partial charge is 0.407 e. The number of carbonyl (C=O) groups is 4. The lowest BCUT2D eigenvalue weighted by Crippen LogP contribution is -2.52. The molecular weight excluding hydrogens is 496 g/mol. The molecule has 9 nitrogen and oxygen atoms in total. The Morgan fingerprint density at radius 3 is 2.54 bits per heavy atom. The molecule has 2 heterocycles. The molecule has 3 aliphatic rings. The van der Waals surface area contributed by atoms with Gasteiger partial charge in [-0.05, 0) is 89.0 Å². The fourth-order valence-electron chi connectivity index (χ4n) is 6.01. The number of ether oxygens (including phenoxy) is 1. The van der Waals surface area contributed by atoms with E-state index in [9.17, 15) is 19.2 Å². The molecule has 1 aromatic carbocycles. The highest BCUT2D eigenvalue weighted by Gasteiger charge is 2.40. The molecular formula is C30H44N4O5. The number of alkyl carbamates (subject to hydrolysis) is 1. The van der Waals surface area contributed by atoms with Crippen LogP contribution < -0.4 is 16.0 Å². The lowest BCUT2D eigenvalue weighted by Gasteiger charge is -2.32. The number of benzene rings is 1. The quantitative estimate of drug-likeness (QED) is 0.401. The summed E-state index contributed by atoms with van der Waals surface area (Å²) >= 11 is 0. The van der Waals surface area contributed by atoms with Gasteiger partial charge < -0.3 is 20.3 Å². The van der Waals surface area contributed by atoms with E-state index in [0.29, 0.717) is 24.4 Å². The summed E-state index contributed by atoms with van der Waals surface area (Å²) in [5, 5.41) is 9.22. The second-order valence-electron chi connectivity index (χ2n) is 12.2. The number of imide groups is 1. The Bertz CT molecular complexity index is 1070. The maximum atomic E-state index is 13.3. The van der Waals surface area contributed by atoms with Gasteiger partial charge in [-0.3, -0.25) is 19.7 Å². The third kappa shape index (κ3) is 7.38. The average molecular weight is 541 g/mol. The van der Waals surface area contributed by atoms with Crippen molar-refractivity contribution in [2.45, 2.75) is 116 Å². The molecule has 1 aromatic rings. The lowest BCUT2D eigenvalue weighted by molar-refractivity contribution is -0.136. The van der Waals surface area contributed by atoms with E-state index in [2.05, 4.69) is 28.9 Å². The number of nitrogens with zero attached hydrogens (tertiary/aromatic N) is 1. The van der Waals surface area contributed by atoms with Gasteiger partial charge in [-0.1, -0.05) is 31.9 Å². The molecule has 1 aliphatic carbocycles. The van der Waals surface area contributed by atoms with Gasteiger partial charge in [-0.15, -0.1) is 0 Å². The van der Waals surface area contributed by atoms with Crippen LogP contribution in [0, 0.1) is 5.92 Å². The largest absolute Gasteiger partial charge is 0.444 e. The molecule has 0 spiro atoms. The third-order valence-electron chi connectivity index (χ3n) is 8.06. The van der Waals surface area contributed by atoms with E-state index < -0.39 is 11.6 Å². The molecule has 2 aliphatic heterocycles. The number of amides is 4. The number of rotatable bonds is 9. The average Bonchev–Trinajstić information content (AvgIpc) is 3.20. The minimum Gasteiger partial charge on any atom is -0.444 e. The van der Waals surface area contributed by atoms with Gasteiger partial charge in [0.05, 0.1) is 0 Å². The lowest BCUT2D eigenvalue weighted by atomic mass is 9.85. The molecule has 3 N–H and O–H groups in total. The monoisotopic (exact) mass is 540 g/mol. The van der Waals surface area contributed by atoms with Crippen molar-refractivity contribution in [1.82, 2.24) is 20.9 Å². The van der Waals surface area contributed by atoms with Gasteiger partial charge in [0.15, 0.2) is 0 Å². The Morgan fingerprint density at radius 2 is 1.87 bits per heavy atom. The van der Waals surface area contributed by atoms with Gasteiger partial charge in [0.1, 0.15) is 11.6 Å². The van der Waals surface area contributed by atoms with Crippen LogP contribution in [-0.4, -0.2) is 52.9 Å². The van der Waals surface area contributed by atoms with Crippen LogP contribution in [0.2, 0.25) is 0 Å². The summed E-state index contributed by atoms with van der Waals surface area (Å²) in [5.41, 5.74) is 2.28. The number of unbranched alkanes of at least 4 members (excludes halogenated alkanes) is 1. The fourth-order valence-corrected chi connectivity index (χ4v) is 6.01. The summed E-state index contributed by atoms with van der Waals surface area (Å²) in [6.45, 7) is 9.06. The minimum absolute atomic E-state index is 0.118. The number of carbonyl (C=O) groups excluding carboxylic acids is 4. The molecule has 4 amide bonds. The van der Waals surface area contributed by atoms with Crippen LogP contribution in [0.1, 0.15) is 113 Å². The Morgan fingerprint density at radius 1 is 1.13 bits per heavy atom. The molecule has 0 aromatic heterocycles. The van der Waals surface area contributed by atoms with Crippen molar-refractivity contribution in [2.75, 3.05) is 6.54 Å². The zero-order valence-corrected chi connectivity index (χ0v) is 23.8. The molecule has 0 unspecified atom stereocenters. The molecule has 2 atom stereocenters. The van der Waals surface area contributed by atoms with Crippen molar-refractivity contribution in [3.63, 3.8) is 0 Å². The minimum atomic E-state index is -0.609. The third-order valence-corrected chi connectivity index (χ3v) is 8.06. The van der Waals surface area contributed by atoms with Crippen molar-refractivity contribution in [3.05, 3.63) is 34.9 Å². The SMILES string of the molecule is CCCC[C@@H](NCC1CCC(NC(=O)OC(C)(C)C)CC1)c1cccc2c1CN([C@@H]1CCC(=O)NC1=O)C2=O. The van der Waals surface area contributed by atoms with E-state index in [1.807, 2.05) is 32.9 Å². The first-order valence-corrected chi connectivity index (χ1v) is 14.5. The van der Waals surface area contributed by atoms with Gasteiger partial charge in [0.25, 0.3) is 5.91 Å². The van der Waals surface area contributed by atoms with Crippen LogP contribution in [0.3, 0.4) is 0 Å². The number of nitrogens with one attached hydrogen (secondary N) is 3. The normalized spacial score (nSPS) is 24.3. The second kappa shape index (κ2) is 12.5. The number of fused-ring (bicyclic) bond motifs is 1. The molecule has 0 bridgehead atoms. The van der Waals surface area contributed by atoms with E-state index in [-0.39, 0.29) is 42.3 Å². The van der Waals surface area contributed by atoms with Gasteiger partial charge in [0, 0.05) is 30.6 Å². The van der Waals surface area contributed by atoms with Crippen LogP contribution in [0.15, 0.2) is 18.2 Å². The Labute approximate surface area is 231 Å². The Kier molecular flexibility index (Phi) is 9.31.